The average molecular weight is 370 g/mol. The smallest absolute Gasteiger partial charge is 0.164 e. The Kier molecular flexibility index (Phi) is 5.04. The first-order chi connectivity index (χ1) is 13.0. The van der Waals surface area contributed by atoms with Crippen molar-refractivity contribution >= 4 is 0 Å². The van der Waals surface area contributed by atoms with E-state index in [0.717, 1.165) is 37.3 Å². The molecular weight excluding hydrogens is 343 g/mol. The van der Waals surface area contributed by atoms with Crippen molar-refractivity contribution < 1.29 is 13.9 Å². The number of hydrogen-bond acceptors (Lipinski definition) is 4. The lowest BCUT2D eigenvalue weighted by Crippen LogP contribution is -2.26. The highest BCUT2D eigenvalue weighted by atomic mass is 19.1. The standard InChI is InChI=1S/C22H27FN2O2/c1-14-8-18(9-15(2)24-14)10-17-4-5-25(13-17)16(3)19-11-21-22(12-20(19)23)27-7-6-26-21/h8-9,11-12,16-17H,4-7,10,13H2,1-3H3/t16-,17-/m1/s1. The molecule has 27 heavy (non-hydrogen) atoms. The third-order valence-electron chi connectivity index (χ3n) is 5.64. The van der Waals surface area contributed by atoms with Crippen molar-refractivity contribution in [2.75, 3.05) is 26.3 Å². The Balaban J connectivity index is 1.45. The minimum absolute atomic E-state index is 0.0201. The molecule has 2 aliphatic rings. The SMILES string of the molecule is Cc1cc(C[C@H]2CCN([C@H](C)c3cc4c(cc3F)OCCO4)C2)cc(C)n1. The van der Waals surface area contributed by atoms with Gasteiger partial charge in [-0.25, -0.2) is 4.39 Å². The van der Waals surface area contributed by atoms with E-state index >= 15 is 0 Å². The van der Waals surface area contributed by atoms with E-state index in [1.807, 2.05) is 19.9 Å². The van der Waals surface area contributed by atoms with Gasteiger partial charge in [0.15, 0.2) is 11.5 Å². The highest BCUT2D eigenvalue weighted by molar-refractivity contribution is 5.45. The van der Waals surface area contributed by atoms with Crippen LogP contribution in [0.3, 0.4) is 0 Å². The number of halogens is 1. The zero-order valence-electron chi connectivity index (χ0n) is 16.3. The monoisotopic (exact) mass is 370 g/mol. The topological polar surface area (TPSA) is 34.6 Å². The fourth-order valence-electron chi connectivity index (χ4n) is 4.35. The van der Waals surface area contributed by atoms with Gasteiger partial charge in [0.2, 0.25) is 0 Å². The first-order valence-electron chi connectivity index (χ1n) is 9.77. The van der Waals surface area contributed by atoms with Crippen LogP contribution in [0.5, 0.6) is 11.5 Å². The number of aryl methyl sites for hydroxylation is 2. The molecule has 0 amide bonds. The maximum Gasteiger partial charge on any atom is 0.164 e. The molecule has 0 unspecified atom stereocenters. The number of rotatable bonds is 4. The maximum atomic E-state index is 14.6. The summed E-state index contributed by atoms with van der Waals surface area (Å²) in [4.78, 5) is 6.84. The molecule has 0 spiro atoms. The Morgan fingerprint density at radius 2 is 1.78 bits per heavy atom. The van der Waals surface area contributed by atoms with Crippen molar-refractivity contribution in [2.45, 2.75) is 39.7 Å². The van der Waals surface area contributed by atoms with Crippen LogP contribution in [0.15, 0.2) is 24.3 Å². The second kappa shape index (κ2) is 7.47. The number of nitrogens with zero attached hydrogens (tertiary/aromatic N) is 2. The zero-order valence-corrected chi connectivity index (χ0v) is 16.3. The molecular formula is C22H27FN2O2. The largest absolute Gasteiger partial charge is 0.486 e. The Labute approximate surface area is 160 Å². The summed E-state index contributed by atoms with van der Waals surface area (Å²) in [5.74, 6) is 1.55. The van der Waals surface area contributed by atoms with Gasteiger partial charge in [-0.2, -0.15) is 0 Å². The van der Waals surface area contributed by atoms with E-state index < -0.39 is 0 Å². The number of fused-ring (bicyclic) bond motifs is 1. The van der Waals surface area contributed by atoms with E-state index in [0.29, 0.717) is 36.2 Å². The van der Waals surface area contributed by atoms with Crippen molar-refractivity contribution in [3.05, 3.63) is 52.6 Å². The lowest BCUT2D eigenvalue weighted by atomic mass is 9.98. The van der Waals surface area contributed by atoms with Crippen LogP contribution in [0.4, 0.5) is 4.39 Å². The van der Waals surface area contributed by atoms with E-state index in [1.165, 1.54) is 11.6 Å². The van der Waals surface area contributed by atoms with E-state index in [4.69, 9.17) is 9.47 Å². The van der Waals surface area contributed by atoms with E-state index in [1.54, 1.807) is 0 Å². The Hall–Kier alpha value is -2.14. The second-order valence-electron chi connectivity index (χ2n) is 7.81. The molecule has 1 fully saturated rings. The molecule has 4 nitrogen and oxygen atoms in total. The number of hydrogen-bond donors (Lipinski definition) is 0. The van der Waals surface area contributed by atoms with Gasteiger partial charge in [-0.15, -0.1) is 0 Å². The Morgan fingerprint density at radius 1 is 1.11 bits per heavy atom. The van der Waals surface area contributed by atoms with Crippen LogP contribution in [0.2, 0.25) is 0 Å². The fraction of sp³-hybridized carbons (Fsp3) is 0.500. The van der Waals surface area contributed by atoms with Gasteiger partial charge in [0, 0.05) is 35.6 Å². The molecule has 5 heteroatoms. The molecule has 1 aromatic carbocycles. The summed E-state index contributed by atoms with van der Waals surface area (Å²) in [6.07, 6.45) is 2.19. The molecule has 0 radical (unpaired) electrons. The summed E-state index contributed by atoms with van der Waals surface area (Å²) in [7, 11) is 0. The molecule has 2 aromatic rings. The van der Waals surface area contributed by atoms with Gasteiger partial charge in [0.1, 0.15) is 19.0 Å². The summed E-state index contributed by atoms with van der Waals surface area (Å²) < 4.78 is 25.8. The molecule has 0 saturated carbocycles. The minimum Gasteiger partial charge on any atom is -0.486 e. The molecule has 1 saturated heterocycles. The highest BCUT2D eigenvalue weighted by Crippen LogP contribution is 2.37. The maximum absolute atomic E-state index is 14.6. The van der Waals surface area contributed by atoms with Crippen molar-refractivity contribution in [2.24, 2.45) is 5.92 Å². The lowest BCUT2D eigenvalue weighted by Gasteiger charge is -2.27. The summed E-state index contributed by atoms with van der Waals surface area (Å²) in [6.45, 7) is 9.14. The number of pyridine rings is 1. The highest BCUT2D eigenvalue weighted by Gasteiger charge is 2.29. The van der Waals surface area contributed by atoms with E-state index in [-0.39, 0.29) is 11.9 Å². The van der Waals surface area contributed by atoms with Crippen LogP contribution in [0, 0.1) is 25.6 Å². The first-order valence-corrected chi connectivity index (χ1v) is 9.77. The third kappa shape index (κ3) is 3.93. The normalized spacial score (nSPS) is 20.7. The first kappa shape index (κ1) is 18.2. The van der Waals surface area contributed by atoms with Gasteiger partial charge in [0.25, 0.3) is 0 Å². The van der Waals surface area contributed by atoms with Crippen LogP contribution < -0.4 is 9.47 Å². The van der Waals surface area contributed by atoms with E-state index in [2.05, 4.69) is 28.9 Å². The van der Waals surface area contributed by atoms with Crippen molar-refractivity contribution in [3.63, 3.8) is 0 Å². The molecule has 0 bridgehead atoms. The van der Waals surface area contributed by atoms with Gasteiger partial charge in [0.05, 0.1) is 0 Å². The number of aromatic nitrogens is 1. The Morgan fingerprint density at radius 3 is 2.48 bits per heavy atom. The van der Waals surface area contributed by atoms with E-state index in [9.17, 15) is 4.39 Å². The van der Waals surface area contributed by atoms with Gasteiger partial charge in [-0.1, -0.05) is 0 Å². The molecule has 1 aromatic heterocycles. The number of benzene rings is 1. The summed E-state index contributed by atoms with van der Waals surface area (Å²) in [6, 6.07) is 7.67. The predicted molar refractivity (Wildman–Crippen MR) is 103 cm³/mol. The van der Waals surface area contributed by atoms with Crippen molar-refractivity contribution in [1.29, 1.82) is 0 Å². The quantitative estimate of drug-likeness (QED) is 0.807. The summed E-state index contributed by atoms with van der Waals surface area (Å²) in [5, 5.41) is 0. The molecule has 144 valence electrons. The Bertz CT molecular complexity index is 819. The fourth-order valence-corrected chi connectivity index (χ4v) is 4.35. The molecule has 3 heterocycles. The molecule has 0 aliphatic carbocycles. The molecule has 4 rings (SSSR count). The summed E-state index contributed by atoms with van der Waals surface area (Å²) >= 11 is 0. The summed E-state index contributed by atoms with van der Waals surface area (Å²) in [5.41, 5.74) is 4.19. The van der Waals surface area contributed by atoms with Gasteiger partial charge >= 0.3 is 0 Å². The molecule has 0 N–H and O–H groups in total. The zero-order chi connectivity index (χ0) is 19.0. The predicted octanol–water partition coefficient (Wildman–Crippen LogP) is 4.23. The van der Waals surface area contributed by atoms with Crippen LogP contribution in [0.25, 0.3) is 0 Å². The van der Waals surface area contributed by atoms with Gasteiger partial charge < -0.3 is 9.47 Å². The number of likely N-dealkylation sites (tertiary alicyclic amines) is 1. The van der Waals surface area contributed by atoms with Crippen LogP contribution >= 0.6 is 0 Å². The van der Waals surface area contributed by atoms with Gasteiger partial charge in [-0.3, -0.25) is 9.88 Å². The average Bonchev–Trinajstić information content (AvgIpc) is 3.08. The molecule has 2 atom stereocenters. The number of ether oxygens (including phenoxy) is 2. The third-order valence-corrected chi connectivity index (χ3v) is 5.64. The second-order valence-corrected chi connectivity index (χ2v) is 7.81. The lowest BCUT2D eigenvalue weighted by molar-refractivity contribution is 0.169. The van der Waals surface area contributed by atoms with Gasteiger partial charge in [-0.05, 0) is 69.8 Å². The van der Waals surface area contributed by atoms with Crippen LogP contribution in [-0.2, 0) is 6.42 Å². The molecule has 2 aliphatic heterocycles. The van der Waals surface area contributed by atoms with Crippen LogP contribution in [-0.4, -0.2) is 36.2 Å². The minimum atomic E-state index is -0.212. The van der Waals surface area contributed by atoms with Crippen molar-refractivity contribution in [1.82, 2.24) is 9.88 Å². The van der Waals surface area contributed by atoms with Crippen LogP contribution in [0.1, 0.15) is 41.9 Å². The van der Waals surface area contributed by atoms with Crippen molar-refractivity contribution in [3.8, 4) is 11.5 Å².